The zero-order chi connectivity index (χ0) is 27.0. The van der Waals surface area contributed by atoms with Crippen LogP contribution in [0.4, 0.5) is 23.5 Å². The summed E-state index contributed by atoms with van der Waals surface area (Å²) in [5, 5.41) is 0. The Hall–Kier alpha value is -3.85. The molecule has 0 aliphatic carbocycles. The van der Waals surface area contributed by atoms with Crippen LogP contribution in [-0.2, 0) is 16.7 Å². The molecular weight excluding hydrogens is 520 g/mol. The first-order chi connectivity index (χ1) is 17.3. The maximum absolute atomic E-state index is 13.2. The van der Waals surface area contributed by atoms with E-state index < -0.39 is 33.2 Å². The smallest absolute Gasteiger partial charge is 0.355 e. The first-order valence-corrected chi connectivity index (χ1v) is 12.1. The number of halogens is 4. The van der Waals surface area contributed by atoms with E-state index in [9.17, 15) is 30.8 Å². The number of aromatic nitrogens is 4. The number of anilines is 1. The van der Waals surface area contributed by atoms with Gasteiger partial charge in [-0.2, -0.15) is 31.6 Å². The van der Waals surface area contributed by atoms with Crippen molar-refractivity contribution in [2.45, 2.75) is 25.0 Å². The van der Waals surface area contributed by atoms with Crippen molar-refractivity contribution in [3.05, 3.63) is 81.9 Å². The molecule has 0 amide bonds. The number of nitrogens with two attached hydrogens (primary N) is 1. The van der Waals surface area contributed by atoms with Crippen molar-refractivity contribution in [2.24, 2.45) is 5.73 Å². The topological polar surface area (TPSA) is 133 Å². The van der Waals surface area contributed by atoms with E-state index in [1.807, 2.05) is 6.08 Å². The molecule has 3 heterocycles. The summed E-state index contributed by atoms with van der Waals surface area (Å²) in [6, 6.07) is 7.75. The van der Waals surface area contributed by atoms with E-state index in [0.29, 0.717) is 24.5 Å². The Labute approximate surface area is 208 Å². The van der Waals surface area contributed by atoms with Gasteiger partial charge in [0.2, 0.25) is 11.8 Å². The number of alkyl halides is 3. The van der Waals surface area contributed by atoms with Crippen molar-refractivity contribution in [1.82, 2.24) is 19.5 Å². The van der Waals surface area contributed by atoms with E-state index >= 15 is 0 Å². The van der Waals surface area contributed by atoms with Crippen LogP contribution < -0.4 is 20.5 Å². The number of aryl methyl sites for hydroxylation is 1. The summed E-state index contributed by atoms with van der Waals surface area (Å²) in [5.41, 5.74) is 2.07. The highest BCUT2D eigenvalue weighted by Crippen LogP contribution is 2.26. The highest BCUT2D eigenvalue weighted by molar-refractivity contribution is 7.87. The third-order valence-corrected chi connectivity index (χ3v) is 6.46. The summed E-state index contributed by atoms with van der Waals surface area (Å²) in [4.78, 5) is 26.4. The van der Waals surface area contributed by atoms with Gasteiger partial charge >= 0.3 is 21.3 Å². The summed E-state index contributed by atoms with van der Waals surface area (Å²) >= 11 is 0. The number of hydrogen-bond acceptors (Lipinski definition) is 9. The van der Waals surface area contributed by atoms with E-state index in [1.165, 1.54) is 22.8 Å². The molecule has 0 bridgehead atoms. The normalized spacial score (nSPS) is 16.4. The number of benzene rings is 1. The maximum Gasteiger partial charge on any atom is 0.534 e. The number of pyridine rings is 1. The summed E-state index contributed by atoms with van der Waals surface area (Å²) in [5.74, 6) is -0.653. The fraction of sp³-hybridized carbons (Fsp3) is 0.273. The molecule has 37 heavy (non-hydrogen) atoms. The van der Waals surface area contributed by atoms with Crippen molar-refractivity contribution < 1.29 is 30.2 Å². The molecule has 3 aromatic rings. The SMILES string of the molecule is Cc1nc(N2CC=C(c3ccc(F)cc3)[C@@H](N)C2)nc(=O)n1Cc1ccc(OS(=O)(=O)C(F)(F)F)nc1. The molecule has 10 nitrogen and oxygen atoms in total. The third kappa shape index (κ3) is 5.77. The maximum atomic E-state index is 13.2. The lowest BCUT2D eigenvalue weighted by Crippen LogP contribution is -2.44. The summed E-state index contributed by atoms with van der Waals surface area (Å²) < 4.78 is 77.9. The summed E-state index contributed by atoms with van der Waals surface area (Å²) in [6.07, 6.45) is 2.94. The largest absolute Gasteiger partial charge is 0.534 e. The third-order valence-electron chi connectivity index (χ3n) is 5.50. The second-order valence-corrected chi connectivity index (χ2v) is 9.64. The van der Waals surface area contributed by atoms with Gasteiger partial charge in [-0.3, -0.25) is 4.57 Å². The Balaban J connectivity index is 1.48. The van der Waals surface area contributed by atoms with Crippen LogP contribution in [0.25, 0.3) is 5.57 Å². The minimum atomic E-state index is -5.85. The van der Waals surface area contributed by atoms with Gasteiger partial charge in [-0.1, -0.05) is 24.3 Å². The minimum absolute atomic E-state index is 0.0711. The Bertz CT molecular complexity index is 1490. The van der Waals surface area contributed by atoms with Crippen molar-refractivity contribution in [2.75, 3.05) is 18.0 Å². The second kappa shape index (κ2) is 9.89. The molecule has 196 valence electrons. The van der Waals surface area contributed by atoms with Crippen LogP contribution in [0.15, 0.2) is 53.5 Å². The van der Waals surface area contributed by atoms with E-state index in [0.717, 1.165) is 23.4 Å². The quantitative estimate of drug-likeness (QED) is 0.283. The van der Waals surface area contributed by atoms with E-state index in [-0.39, 0.29) is 18.3 Å². The molecule has 0 fully saturated rings. The lowest BCUT2D eigenvalue weighted by molar-refractivity contribution is -0.0501. The van der Waals surface area contributed by atoms with Gasteiger partial charge in [-0.05, 0) is 35.8 Å². The van der Waals surface area contributed by atoms with Crippen molar-refractivity contribution in [3.63, 3.8) is 0 Å². The molecule has 0 saturated carbocycles. The molecule has 2 aromatic heterocycles. The van der Waals surface area contributed by atoms with Crippen molar-refractivity contribution in [1.29, 1.82) is 0 Å². The fourth-order valence-corrected chi connectivity index (χ4v) is 4.06. The van der Waals surface area contributed by atoms with Gasteiger partial charge in [-0.15, -0.1) is 0 Å². The molecule has 1 atom stereocenters. The number of nitrogens with zero attached hydrogens (tertiary/aromatic N) is 5. The molecule has 0 unspecified atom stereocenters. The predicted octanol–water partition coefficient (Wildman–Crippen LogP) is 1.99. The van der Waals surface area contributed by atoms with Crippen LogP contribution in [0, 0.1) is 12.7 Å². The van der Waals surface area contributed by atoms with Crippen LogP contribution in [0.5, 0.6) is 5.88 Å². The molecule has 0 saturated heterocycles. The molecule has 2 N–H and O–H groups in total. The molecule has 1 aromatic carbocycles. The van der Waals surface area contributed by atoms with Crippen LogP contribution in [0.3, 0.4) is 0 Å². The standard InChI is InChI=1S/C22H20F4N6O4S/c1-13-29-20(31-9-8-17(18(27)12-31)15-3-5-16(23)6-4-15)30-21(33)32(13)11-14-2-7-19(28-10-14)36-37(34,35)22(24,25)26/h2-8,10,18H,9,11-12,27H2,1H3/t18-/m0/s1. The second-order valence-electron chi connectivity index (χ2n) is 8.11. The monoisotopic (exact) mass is 540 g/mol. The van der Waals surface area contributed by atoms with E-state index in [2.05, 4.69) is 19.1 Å². The molecule has 0 spiro atoms. The van der Waals surface area contributed by atoms with E-state index in [1.54, 1.807) is 24.0 Å². The lowest BCUT2D eigenvalue weighted by Gasteiger charge is -2.31. The zero-order valence-electron chi connectivity index (χ0n) is 19.2. The average Bonchev–Trinajstić information content (AvgIpc) is 2.82. The van der Waals surface area contributed by atoms with Gasteiger partial charge in [0.1, 0.15) is 11.6 Å². The fourth-order valence-electron chi connectivity index (χ4n) is 3.64. The molecule has 15 heteroatoms. The Morgan fingerprint density at radius 1 is 1.14 bits per heavy atom. The summed E-state index contributed by atoms with van der Waals surface area (Å²) in [6.45, 7) is 2.20. The number of hydrogen-bond donors (Lipinski definition) is 1. The zero-order valence-corrected chi connectivity index (χ0v) is 20.0. The van der Waals surface area contributed by atoms with Crippen LogP contribution >= 0.6 is 0 Å². The molecular formula is C22H20F4N6O4S. The van der Waals surface area contributed by atoms with Gasteiger partial charge in [0.05, 0.1) is 6.54 Å². The van der Waals surface area contributed by atoms with Crippen LogP contribution in [0.2, 0.25) is 0 Å². The van der Waals surface area contributed by atoms with E-state index in [4.69, 9.17) is 5.73 Å². The molecule has 1 aliphatic rings. The lowest BCUT2D eigenvalue weighted by atomic mass is 9.95. The van der Waals surface area contributed by atoms with Gasteiger partial charge in [0.15, 0.2) is 0 Å². The van der Waals surface area contributed by atoms with Crippen LogP contribution in [-0.4, -0.2) is 52.6 Å². The van der Waals surface area contributed by atoms with Gasteiger partial charge in [-0.25, -0.2) is 14.2 Å². The first kappa shape index (κ1) is 26.2. The van der Waals surface area contributed by atoms with Gasteiger partial charge in [0.25, 0.3) is 0 Å². The van der Waals surface area contributed by atoms with Crippen molar-refractivity contribution in [3.8, 4) is 5.88 Å². The number of rotatable bonds is 6. The minimum Gasteiger partial charge on any atom is -0.355 e. The molecule has 0 radical (unpaired) electrons. The molecule has 1 aliphatic heterocycles. The Morgan fingerprint density at radius 2 is 1.84 bits per heavy atom. The highest BCUT2D eigenvalue weighted by atomic mass is 32.2. The summed E-state index contributed by atoms with van der Waals surface area (Å²) in [7, 11) is -5.85. The van der Waals surface area contributed by atoms with Crippen LogP contribution in [0.1, 0.15) is 17.0 Å². The van der Waals surface area contributed by atoms with Crippen molar-refractivity contribution >= 4 is 21.6 Å². The Kier molecular flexibility index (Phi) is 7.01. The predicted molar refractivity (Wildman–Crippen MR) is 125 cm³/mol. The first-order valence-electron chi connectivity index (χ1n) is 10.7. The Morgan fingerprint density at radius 3 is 2.41 bits per heavy atom. The molecule has 4 rings (SSSR count). The average molecular weight is 540 g/mol. The highest BCUT2D eigenvalue weighted by Gasteiger charge is 2.48. The van der Waals surface area contributed by atoms with Gasteiger partial charge < -0.3 is 14.8 Å². The van der Waals surface area contributed by atoms with Gasteiger partial charge in [0, 0.05) is 31.4 Å².